The molecule has 0 heterocycles. The van der Waals surface area contributed by atoms with Gasteiger partial charge in [-0.3, -0.25) is 14.3 Å². The first kappa shape index (κ1) is 34.6. The Morgan fingerprint density at radius 2 is 1.39 bits per heavy atom. The summed E-state index contributed by atoms with van der Waals surface area (Å²) in [4.78, 5) is 29.4. The van der Waals surface area contributed by atoms with Crippen molar-refractivity contribution in [2.45, 2.75) is 30.4 Å². The van der Waals surface area contributed by atoms with E-state index in [9.17, 15) is 22.4 Å². The SMILES string of the molecule is COc1ccccc1CNC(=O)C(Cc1ccccc1)N(Cc1ccccc1)C(=O)COc1ccc(S(=O)(=O)Nc2ccc(F)cc2)cc1. The zero-order chi connectivity index (χ0) is 34.6. The predicted octanol–water partition coefficient (Wildman–Crippen LogP) is 5.97. The molecule has 252 valence electrons. The Morgan fingerprint density at radius 3 is 2.04 bits per heavy atom. The van der Waals surface area contributed by atoms with E-state index >= 15 is 0 Å². The molecule has 0 aliphatic carbocycles. The fourth-order valence-corrected chi connectivity index (χ4v) is 6.22. The van der Waals surface area contributed by atoms with Gasteiger partial charge in [-0.2, -0.15) is 0 Å². The summed E-state index contributed by atoms with van der Waals surface area (Å²) in [7, 11) is -2.39. The van der Waals surface area contributed by atoms with Gasteiger partial charge in [-0.1, -0.05) is 78.9 Å². The Morgan fingerprint density at radius 1 is 0.776 bits per heavy atom. The average Bonchev–Trinajstić information content (AvgIpc) is 3.13. The number of sulfonamides is 1. The van der Waals surface area contributed by atoms with Crippen LogP contribution in [-0.4, -0.2) is 44.9 Å². The molecule has 0 aromatic heterocycles. The van der Waals surface area contributed by atoms with E-state index in [0.717, 1.165) is 28.8 Å². The molecule has 11 heteroatoms. The first-order valence-electron chi connectivity index (χ1n) is 15.5. The summed E-state index contributed by atoms with van der Waals surface area (Å²) < 4.78 is 52.6. The van der Waals surface area contributed by atoms with Crippen LogP contribution in [0.4, 0.5) is 10.1 Å². The predicted molar refractivity (Wildman–Crippen MR) is 185 cm³/mol. The van der Waals surface area contributed by atoms with Gasteiger partial charge in [-0.25, -0.2) is 12.8 Å². The van der Waals surface area contributed by atoms with Crippen molar-refractivity contribution in [3.8, 4) is 11.5 Å². The van der Waals surface area contributed by atoms with Gasteiger partial charge < -0.3 is 19.7 Å². The summed E-state index contributed by atoms with van der Waals surface area (Å²) in [5.41, 5.74) is 2.70. The number of nitrogens with zero attached hydrogens (tertiary/aromatic N) is 1. The van der Waals surface area contributed by atoms with Gasteiger partial charge in [0.1, 0.15) is 23.4 Å². The van der Waals surface area contributed by atoms with Crippen molar-refractivity contribution in [3.05, 3.63) is 156 Å². The van der Waals surface area contributed by atoms with Crippen molar-refractivity contribution in [3.63, 3.8) is 0 Å². The zero-order valence-corrected chi connectivity index (χ0v) is 27.6. The number of hydrogen-bond acceptors (Lipinski definition) is 6. The number of ether oxygens (including phenoxy) is 2. The van der Waals surface area contributed by atoms with Crippen molar-refractivity contribution in [1.29, 1.82) is 0 Å². The minimum atomic E-state index is -3.96. The Bertz CT molecular complexity index is 1940. The van der Waals surface area contributed by atoms with Gasteiger partial charge in [-0.05, 0) is 65.7 Å². The molecule has 2 N–H and O–H groups in total. The summed E-state index contributed by atoms with van der Waals surface area (Å²) in [5.74, 6) is -0.373. The standard InChI is InChI=1S/C38H36FN3O6S/c1-47-36-15-9-8-14-30(36)25-40-38(44)35(24-28-10-4-2-5-11-28)42(26-29-12-6-3-7-13-29)37(43)27-48-33-20-22-34(23-21-33)49(45,46)41-32-18-16-31(39)17-19-32/h2-23,35,41H,24-27H2,1H3,(H,40,44). The lowest BCUT2D eigenvalue weighted by molar-refractivity contribution is -0.142. The molecule has 0 fully saturated rings. The molecule has 0 radical (unpaired) electrons. The molecule has 5 aromatic carbocycles. The second-order valence-corrected chi connectivity index (χ2v) is 12.8. The third kappa shape index (κ3) is 9.68. The minimum absolute atomic E-state index is 0.0455. The number of carbonyl (C=O) groups is 2. The number of nitrogens with one attached hydrogen (secondary N) is 2. The molecular weight excluding hydrogens is 645 g/mol. The van der Waals surface area contributed by atoms with Crippen LogP contribution in [0, 0.1) is 5.82 Å². The maximum absolute atomic E-state index is 14.0. The third-order valence-corrected chi connectivity index (χ3v) is 9.10. The van der Waals surface area contributed by atoms with Crippen LogP contribution in [0.1, 0.15) is 16.7 Å². The van der Waals surface area contributed by atoms with Crippen molar-refractivity contribution in [1.82, 2.24) is 10.2 Å². The van der Waals surface area contributed by atoms with Crippen LogP contribution in [0.25, 0.3) is 0 Å². The van der Waals surface area contributed by atoms with Crippen LogP contribution in [0.2, 0.25) is 0 Å². The highest BCUT2D eigenvalue weighted by atomic mass is 32.2. The number of methoxy groups -OCH3 is 1. The lowest BCUT2D eigenvalue weighted by atomic mass is 10.0. The molecule has 1 unspecified atom stereocenters. The number of hydrogen-bond donors (Lipinski definition) is 2. The molecule has 5 aromatic rings. The summed E-state index contributed by atoms with van der Waals surface area (Å²) in [6.45, 7) is -0.0596. The zero-order valence-electron chi connectivity index (χ0n) is 26.8. The molecule has 1 atom stereocenters. The highest BCUT2D eigenvalue weighted by Gasteiger charge is 2.31. The smallest absolute Gasteiger partial charge is 0.261 e. The second kappa shape index (κ2) is 16.4. The molecular formula is C38H36FN3O6S. The minimum Gasteiger partial charge on any atom is -0.496 e. The van der Waals surface area contributed by atoms with Gasteiger partial charge in [0.25, 0.3) is 15.9 Å². The van der Waals surface area contributed by atoms with E-state index in [0.29, 0.717) is 5.75 Å². The second-order valence-electron chi connectivity index (χ2n) is 11.1. The Labute approximate surface area is 285 Å². The van der Waals surface area contributed by atoms with Crippen LogP contribution < -0.4 is 19.5 Å². The molecule has 9 nitrogen and oxygen atoms in total. The van der Waals surface area contributed by atoms with E-state index in [1.165, 1.54) is 41.3 Å². The van der Waals surface area contributed by atoms with E-state index in [1.54, 1.807) is 7.11 Å². The Kier molecular flexibility index (Phi) is 11.6. The van der Waals surface area contributed by atoms with E-state index in [1.807, 2.05) is 84.9 Å². The molecule has 0 spiro atoms. The highest BCUT2D eigenvalue weighted by Crippen LogP contribution is 2.22. The van der Waals surface area contributed by atoms with Gasteiger partial charge in [0, 0.05) is 30.8 Å². The molecule has 0 aliphatic heterocycles. The number of anilines is 1. The first-order valence-corrected chi connectivity index (χ1v) is 17.0. The van der Waals surface area contributed by atoms with E-state index in [2.05, 4.69) is 10.0 Å². The Balaban J connectivity index is 1.34. The van der Waals surface area contributed by atoms with Crippen LogP contribution in [0.5, 0.6) is 11.5 Å². The summed E-state index contributed by atoms with van der Waals surface area (Å²) in [6, 6.07) is 35.8. The van der Waals surface area contributed by atoms with Crippen LogP contribution in [0.3, 0.4) is 0 Å². The summed E-state index contributed by atoms with van der Waals surface area (Å²) in [5, 5.41) is 2.99. The lowest BCUT2D eigenvalue weighted by Gasteiger charge is -2.31. The van der Waals surface area contributed by atoms with Gasteiger partial charge in [-0.15, -0.1) is 0 Å². The number of benzene rings is 5. The Hall–Kier alpha value is -5.68. The van der Waals surface area contributed by atoms with E-state index < -0.39 is 34.4 Å². The molecule has 5 rings (SSSR count). The normalized spacial score (nSPS) is 11.6. The molecule has 0 saturated carbocycles. The van der Waals surface area contributed by atoms with Gasteiger partial charge in [0.05, 0.1) is 12.0 Å². The number of amides is 2. The number of rotatable bonds is 15. The lowest BCUT2D eigenvalue weighted by Crippen LogP contribution is -2.51. The number of carbonyl (C=O) groups excluding carboxylic acids is 2. The van der Waals surface area contributed by atoms with E-state index in [4.69, 9.17) is 9.47 Å². The average molecular weight is 682 g/mol. The van der Waals surface area contributed by atoms with Crippen molar-refractivity contribution in [2.24, 2.45) is 0 Å². The van der Waals surface area contributed by atoms with Crippen molar-refractivity contribution in [2.75, 3.05) is 18.4 Å². The third-order valence-electron chi connectivity index (χ3n) is 7.71. The van der Waals surface area contributed by atoms with Crippen LogP contribution in [-0.2, 0) is 39.1 Å². The molecule has 0 bridgehead atoms. The fourth-order valence-electron chi connectivity index (χ4n) is 5.16. The largest absolute Gasteiger partial charge is 0.496 e. The van der Waals surface area contributed by atoms with Crippen molar-refractivity contribution < 1.29 is 31.9 Å². The maximum Gasteiger partial charge on any atom is 0.261 e. The van der Waals surface area contributed by atoms with E-state index in [-0.39, 0.29) is 41.7 Å². The fraction of sp³-hybridized carbons (Fsp3) is 0.158. The molecule has 0 aliphatic rings. The first-order chi connectivity index (χ1) is 23.7. The van der Waals surface area contributed by atoms with Crippen LogP contribution in [0.15, 0.2) is 138 Å². The topological polar surface area (TPSA) is 114 Å². The van der Waals surface area contributed by atoms with Crippen molar-refractivity contribution >= 4 is 27.5 Å². The molecule has 0 saturated heterocycles. The summed E-state index contributed by atoms with van der Waals surface area (Å²) in [6.07, 6.45) is 0.255. The molecule has 49 heavy (non-hydrogen) atoms. The monoisotopic (exact) mass is 681 g/mol. The molecule has 2 amide bonds. The number of halogens is 1. The van der Waals surface area contributed by atoms with Gasteiger partial charge in [0.2, 0.25) is 5.91 Å². The summed E-state index contributed by atoms with van der Waals surface area (Å²) >= 11 is 0. The van der Waals surface area contributed by atoms with Gasteiger partial charge >= 0.3 is 0 Å². The van der Waals surface area contributed by atoms with Gasteiger partial charge in [0.15, 0.2) is 6.61 Å². The maximum atomic E-state index is 14.0. The highest BCUT2D eigenvalue weighted by molar-refractivity contribution is 7.92. The quantitative estimate of drug-likeness (QED) is 0.141. The number of para-hydroxylation sites is 1. The van der Waals surface area contributed by atoms with Crippen LogP contribution >= 0.6 is 0 Å².